The molecule has 1 aliphatic rings. The molecule has 1 fully saturated rings. The molecule has 1 aromatic carbocycles. The third-order valence-electron chi connectivity index (χ3n) is 4.03. The van der Waals surface area contributed by atoms with Crippen LogP contribution >= 0.6 is 12.2 Å². The molecule has 0 bridgehead atoms. The summed E-state index contributed by atoms with van der Waals surface area (Å²) in [5, 5.41) is 6.42. The number of hydrogen-bond acceptors (Lipinski definition) is 5. The smallest absolute Gasteiger partial charge is 0.317 e. The van der Waals surface area contributed by atoms with E-state index in [-0.39, 0.29) is 5.97 Å². The van der Waals surface area contributed by atoms with Gasteiger partial charge in [-0.05, 0) is 36.3 Å². The van der Waals surface area contributed by atoms with E-state index in [9.17, 15) is 4.79 Å². The first-order valence-corrected chi connectivity index (χ1v) is 8.57. The maximum Gasteiger partial charge on any atom is 0.317 e. The number of thiocarbonyl (C=S) groups is 1. The molecule has 25 heavy (non-hydrogen) atoms. The van der Waals surface area contributed by atoms with Gasteiger partial charge in [0.2, 0.25) is 0 Å². The number of benzene rings is 1. The van der Waals surface area contributed by atoms with Gasteiger partial charge in [-0.2, -0.15) is 0 Å². The fourth-order valence-electron chi connectivity index (χ4n) is 2.69. The fraction of sp³-hybridized carbons (Fsp3) is 0.444. The third-order valence-corrected chi connectivity index (χ3v) is 4.25. The Hall–Kier alpha value is -2.28. The standard InChI is InChI=1S/C18H24N2O4S/c1-5-6-9-24-13-8-7-12(10-14(13)22-3)16-15(17(21)23-4)11(2)19-18(25)20-16/h7-8,10,15-16H,2,5-6,9H2,1,3-4H3,(H2,19,20,25)/t15-,16+/m0/s1. The van der Waals surface area contributed by atoms with Crippen molar-refractivity contribution in [1.29, 1.82) is 0 Å². The lowest BCUT2D eigenvalue weighted by Gasteiger charge is -2.34. The quantitative estimate of drug-likeness (QED) is 0.438. The van der Waals surface area contributed by atoms with E-state index >= 15 is 0 Å². The number of methoxy groups -OCH3 is 2. The third kappa shape index (κ3) is 4.42. The first kappa shape index (κ1) is 19.1. The molecule has 0 aromatic heterocycles. The summed E-state index contributed by atoms with van der Waals surface area (Å²) in [5.41, 5.74) is 1.34. The number of carbonyl (C=O) groups excluding carboxylic acids is 1. The molecule has 1 aromatic rings. The van der Waals surface area contributed by atoms with Crippen molar-refractivity contribution in [2.24, 2.45) is 5.92 Å². The molecule has 1 saturated heterocycles. The summed E-state index contributed by atoms with van der Waals surface area (Å²) in [4.78, 5) is 12.2. The van der Waals surface area contributed by atoms with Gasteiger partial charge < -0.3 is 24.8 Å². The number of unbranched alkanes of at least 4 members (excludes halogenated alkanes) is 1. The molecule has 1 aliphatic heterocycles. The summed E-state index contributed by atoms with van der Waals surface area (Å²) < 4.78 is 16.1. The van der Waals surface area contributed by atoms with Gasteiger partial charge in [-0.3, -0.25) is 4.79 Å². The van der Waals surface area contributed by atoms with Gasteiger partial charge in [0.1, 0.15) is 5.92 Å². The Morgan fingerprint density at radius 1 is 1.32 bits per heavy atom. The lowest BCUT2D eigenvalue weighted by Crippen LogP contribution is -2.50. The maximum absolute atomic E-state index is 12.2. The Bertz CT molecular complexity index is 662. The van der Waals surface area contributed by atoms with Crippen molar-refractivity contribution in [3.05, 3.63) is 36.0 Å². The van der Waals surface area contributed by atoms with Gasteiger partial charge in [0.15, 0.2) is 16.6 Å². The molecule has 2 atom stereocenters. The van der Waals surface area contributed by atoms with Crippen LogP contribution in [-0.2, 0) is 9.53 Å². The van der Waals surface area contributed by atoms with Crippen LogP contribution in [0.3, 0.4) is 0 Å². The Labute approximate surface area is 153 Å². The molecule has 0 amide bonds. The topological polar surface area (TPSA) is 68.8 Å². The lowest BCUT2D eigenvalue weighted by atomic mass is 9.89. The van der Waals surface area contributed by atoms with Crippen LogP contribution in [0, 0.1) is 5.92 Å². The molecule has 1 heterocycles. The number of hydrogen-bond donors (Lipinski definition) is 2. The van der Waals surface area contributed by atoms with Crippen LogP contribution in [0.15, 0.2) is 30.5 Å². The van der Waals surface area contributed by atoms with E-state index in [2.05, 4.69) is 24.1 Å². The molecule has 0 unspecified atom stereocenters. The van der Waals surface area contributed by atoms with E-state index in [0.29, 0.717) is 28.9 Å². The van der Waals surface area contributed by atoms with E-state index in [1.807, 2.05) is 18.2 Å². The number of rotatable bonds is 7. The van der Waals surface area contributed by atoms with Crippen molar-refractivity contribution in [2.75, 3.05) is 20.8 Å². The highest BCUT2D eigenvalue weighted by molar-refractivity contribution is 7.80. The first-order chi connectivity index (χ1) is 12.0. The van der Waals surface area contributed by atoms with Crippen LogP contribution in [0.25, 0.3) is 0 Å². The second-order valence-corrected chi connectivity index (χ2v) is 6.12. The zero-order valence-corrected chi connectivity index (χ0v) is 15.6. The summed E-state index contributed by atoms with van der Waals surface area (Å²) in [6, 6.07) is 5.18. The highest BCUT2D eigenvalue weighted by Gasteiger charge is 2.37. The van der Waals surface area contributed by atoms with E-state index in [1.165, 1.54) is 7.11 Å². The van der Waals surface area contributed by atoms with Crippen LogP contribution in [0.2, 0.25) is 0 Å². The van der Waals surface area contributed by atoms with Crippen LogP contribution in [0.5, 0.6) is 11.5 Å². The summed E-state index contributed by atoms with van der Waals surface area (Å²) in [6.45, 7) is 6.64. The number of esters is 1. The van der Waals surface area contributed by atoms with Crippen LogP contribution in [-0.4, -0.2) is 31.9 Å². The minimum atomic E-state index is -0.603. The van der Waals surface area contributed by atoms with Gasteiger partial charge in [-0.25, -0.2) is 0 Å². The lowest BCUT2D eigenvalue weighted by molar-refractivity contribution is -0.145. The van der Waals surface area contributed by atoms with Crippen molar-refractivity contribution < 1.29 is 19.0 Å². The molecule has 136 valence electrons. The summed E-state index contributed by atoms with van der Waals surface area (Å²) in [5.74, 6) is 0.284. The van der Waals surface area contributed by atoms with Crippen LogP contribution in [0.4, 0.5) is 0 Å². The minimum Gasteiger partial charge on any atom is -0.493 e. The fourth-order valence-corrected chi connectivity index (χ4v) is 2.95. The highest BCUT2D eigenvalue weighted by atomic mass is 32.1. The first-order valence-electron chi connectivity index (χ1n) is 8.16. The molecule has 2 rings (SSSR count). The molecule has 0 saturated carbocycles. The normalized spacial score (nSPS) is 19.6. The van der Waals surface area contributed by atoms with E-state index in [1.54, 1.807) is 7.11 Å². The van der Waals surface area contributed by atoms with Crippen LogP contribution < -0.4 is 20.1 Å². The van der Waals surface area contributed by atoms with Gasteiger partial charge in [0.25, 0.3) is 0 Å². The van der Waals surface area contributed by atoms with Crippen molar-refractivity contribution in [3.8, 4) is 11.5 Å². The molecule has 2 N–H and O–H groups in total. The largest absolute Gasteiger partial charge is 0.493 e. The average molecular weight is 364 g/mol. The molecule has 6 nitrogen and oxygen atoms in total. The maximum atomic E-state index is 12.2. The summed E-state index contributed by atoms with van der Waals surface area (Å²) >= 11 is 5.20. The predicted molar refractivity (Wildman–Crippen MR) is 99.7 cm³/mol. The zero-order chi connectivity index (χ0) is 18.4. The Morgan fingerprint density at radius 3 is 2.72 bits per heavy atom. The van der Waals surface area contributed by atoms with E-state index < -0.39 is 12.0 Å². The second kappa shape index (κ2) is 8.71. The molecule has 7 heteroatoms. The van der Waals surface area contributed by atoms with Crippen molar-refractivity contribution in [2.45, 2.75) is 25.8 Å². The van der Waals surface area contributed by atoms with Gasteiger partial charge >= 0.3 is 5.97 Å². The molecular weight excluding hydrogens is 340 g/mol. The van der Waals surface area contributed by atoms with Crippen molar-refractivity contribution in [1.82, 2.24) is 10.6 Å². The summed E-state index contributed by atoms with van der Waals surface area (Å²) in [6.07, 6.45) is 2.03. The summed E-state index contributed by atoms with van der Waals surface area (Å²) in [7, 11) is 2.94. The van der Waals surface area contributed by atoms with Crippen molar-refractivity contribution >= 4 is 23.3 Å². The van der Waals surface area contributed by atoms with E-state index in [4.69, 9.17) is 26.4 Å². The monoisotopic (exact) mass is 364 g/mol. The average Bonchev–Trinajstić information content (AvgIpc) is 2.60. The highest BCUT2D eigenvalue weighted by Crippen LogP contribution is 2.35. The number of ether oxygens (including phenoxy) is 3. The van der Waals surface area contributed by atoms with Gasteiger partial charge in [-0.15, -0.1) is 0 Å². The van der Waals surface area contributed by atoms with Gasteiger partial charge in [0.05, 0.1) is 26.9 Å². The molecule has 0 radical (unpaired) electrons. The van der Waals surface area contributed by atoms with Crippen molar-refractivity contribution in [3.63, 3.8) is 0 Å². The predicted octanol–water partition coefficient (Wildman–Crippen LogP) is 2.70. The number of carbonyl (C=O) groups is 1. The Balaban J connectivity index is 2.32. The number of nitrogens with one attached hydrogen (secondary N) is 2. The minimum absolute atomic E-state index is 0.389. The SMILES string of the molecule is C=C1NC(=S)N[C@H](c2ccc(OCCCC)c(OC)c2)[C@H]1C(=O)OC. The van der Waals surface area contributed by atoms with E-state index in [0.717, 1.165) is 18.4 Å². The Kier molecular flexibility index (Phi) is 6.64. The van der Waals surface area contributed by atoms with Crippen LogP contribution in [0.1, 0.15) is 31.4 Å². The second-order valence-electron chi connectivity index (χ2n) is 5.71. The molecule has 0 aliphatic carbocycles. The van der Waals surface area contributed by atoms with Gasteiger partial charge in [-0.1, -0.05) is 26.0 Å². The van der Waals surface area contributed by atoms with Gasteiger partial charge in [0, 0.05) is 5.70 Å². The Morgan fingerprint density at radius 2 is 2.08 bits per heavy atom. The molecule has 0 spiro atoms. The zero-order valence-electron chi connectivity index (χ0n) is 14.8. The molecular formula is C18H24N2O4S.